The molecule has 0 atom stereocenters. The Labute approximate surface area is 150 Å². The lowest BCUT2D eigenvalue weighted by Crippen LogP contribution is -3.13. The Morgan fingerprint density at radius 2 is 1.78 bits per heavy atom. The Morgan fingerprint density at radius 1 is 1.09 bits per heavy atom. The van der Waals surface area contributed by atoms with Gasteiger partial charge in [0.15, 0.2) is 0 Å². The molecule has 0 amide bonds. The predicted octanol–water partition coefficient (Wildman–Crippen LogP) is 2.84. The van der Waals surface area contributed by atoms with Crippen LogP contribution in [0.2, 0.25) is 5.02 Å². The maximum absolute atomic E-state index is 5.94. The van der Waals surface area contributed by atoms with Gasteiger partial charge < -0.3 is 4.90 Å². The van der Waals surface area contributed by atoms with Crippen molar-refractivity contribution in [3.63, 3.8) is 0 Å². The predicted molar refractivity (Wildman–Crippen MR) is 99.2 cm³/mol. The number of nitrogens with zero attached hydrogens (tertiary/aromatic N) is 2. The van der Waals surface area contributed by atoms with E-state index < -0.39 is 0 Å². The highest BCUT2D eigenvalue weighted by atomic mass is 79.9. The molecular formula is C18H20BrClN3+. The minimum atomic E-state index is 0.801. The summed E-state index contributed by atoms with van der Waals surface area (Å²) in [4.78, 5) is 1.60. The first-order valence-electron chi connectivity index (χ1n) is 7.82. The van der Waals surface area contributed by atoms with Gasteiger partial charge in [-0.05, 0) is 18.2 Å². The van der Waals surface area contributed by atoms with Crippen LogP contribution in [0.1, 0.15) is 11.1 Å². The molecule has 0 bridgehead atoms. The van der Waals surface area contributed by atoms with E-state index >= 15 is 0 Å². The smallest absolute Gasteiger partial charge is 0.103 e. The van der Waals surface area contributed by atoms with Gasteiger partial charge >= 0.3 is 0 Å². The van der Waals surface area contributed by atoms with Crippen LogP contribution in [0.3, 0.4) is 0 Å². The van der Waals surface area contributed by atoms with Crippen LogP contribution < -0.4 is 4.90 Å². The van der Waals surface area contributed by atoms with Crippen molar-refractivity contribution in [2.24, 2.45) is 5.10 Å². The molecule has 0 spiro atoms. The Hall–Kier alpha value is -1.36. The summed E-state index contributed by atoms with van der Waals surface area (Å²) in [5.74, 6) is 0. The van der Waals surface area contributed by atoms with E-state index in [4.69, 9.17) is 11.6 Å². The zero-order valence-corrected chi connectivity index (χ0v) is 15.2. The molecule has 1 saturated heterocycles. The quantitative estimate of drug-likeness (QED) is 0.792. The number of halogens is 2. The molecule has 2 aromatic carbocycles. The van der Waals surface area contributed by atoms with Crippen molar-refractivity contribution >= 4 is 33.7 Å². The van der Waals surface area contributed by atoms with Gasteiger partial charge in [0, 0.05) is 20.6 Å². The summed E-state index contributed by atoms with van der Waals surface area (Å²) in [7, 11) is 0. The number of hydrazone groups is 1. The fraction of sp³-hybridized carbons (Fsp3) is 0.278. The average Bonchev–Trinajstić information content (AvgIpc) is 2.58. The zero-order chi connectivity index (χ0) is 16.1. The van der Waals surface area contributed by atoms with E-state index in [2.05, 4.69) is 44.2 Å². The first-order valence-corrected chi connectivity index (χ1v) is 8.99. The number of nitrogens with one attached hydrogen (secondary N) is 1. The first-order chi connectivity index (χ1) is 11.2. The molecule has 2 aromatic rings. The number of benzene rings is 2. The fourth-order valence-corrected chi connectivity index (χ4v) is 3.23. The molecule has 0 saturated carbocycles. The topological polar surface area (TPSA) is 20.0 Å². The van der Waals surface area contributed by atoms with Crippen molar-refractivity contribution in [2.75, 3.05) is 26.2 Å². The van der Waals surface area contributed by atoms with Crippen molar-refractivity contribution in [2.45, 2.75) is 6.54 Å². The van der Waals surface area contributed by atoms with Gasteiger partial charge in [0.25, 0.3) is 0 Å². The van der Waals surface area contributed by atoms with Crippen LogP contribution >= 0.6 is 27.5 Å². The summed E-state index contributed by atoms with van der Waals surface area (Å²) < 4.78 is 1.08. The normalized spacial score (nSPS) is 16.2. The highest BCUT2D eigenvalue weighted by molar-refractivity contribution is 9.10. The largest absolute Gasteiger partial charge is 0.328 e. The molecule has 1 aliphatic rings. The molecule has 23 heavy (non-hydrogen) atoms. The van der Waals surface area contributed by atoms with Crippen molar-refractivity contribution in [1.82, 2.24) is 5.01 Å². The minimum absolute atomic E-state index is 0.801. The molecule has 5 heteroatoms. The van der Waals surface area contributed by atoms with Crippen LogP contribution in [0.15, 0.2) is 58.1 Å². The summed E-state index contributed by atoms with van der Waals surface area (Å²) in [6, 6.07) is 16.3. The van der Waals surface area contributed by atoms with Crippen molar-refractivity contribution in [3.05, 3.63) is 69.2 Å². The Morgan fingerprint density at radius 3 is 2.48 bits per heavy atom. The Kier molecular flexibility index (Phi) is 5.70. The molecule has 3 nitrogen and oxygen atoms in total. The molecule has 1 N–H and O–H groups in total. The zero-order valence-electron chi connectivity index (χ0n) is 12.9. The number of hydrogen-bond acceptors (Lipinski definition) is 2. The van der Waals surface area contributed by atoms with Gasteiger partial charge in [-0.1, -0.05) is 57.9 Å². The second-order valence-electron chi connectivity index (χ2n) is 5.77. The van der Waals surface area contributed by atoms with E-state index in [0.29, 0.717) is 0 Å². The number of rotatable bonds is 4. The molecule has 1 heterocycles. The first kappa shape index (κ1) is 16.5. The van der Waals surface area contributed by atoms with Gasteiger partial charge in [0.2, 0.25) is 0 Å². The molecule has 3 rings (SSSR count). The Balaban J connectivity index is 1.50. The molecule has 0 aliphatic carbocycles. The van der Waals surface area contributed by atoms with Crippen molar-refractivity contribution < 1.29 is 4.90 Å². The van der Waals surface area contributed by atoms with Crippen LogP contribution in [0.5, 0.6) is 0 Å². The second-order valence-corrected chi connectivity index (χ2v) is 7.06. The van der Waals surface area contributed by atoms with Crippen LogP contribution in [0, 0.1) is 0 Å². The molecule has 0 unspecified atom stereocenters. The van der Waals surface area contributed by atoms with Gasteiger partial charge in [-0.25, -0.2) is 0 Å². The maximum atomic E-state index is 5.94. The maximum Gasteiger partial charge on any atom is 0.103 e. The fourth-order valence-electron chi connectivity index (χ4n) is 2.72. The lowest BCUT2D eigenvalue weighted by molar-refractivity contribution is -0.918. The molecule has 1 aliphatic heterocycles. The average molecular weight is 394 g/mol. The molecular weight excluding hydrogens is 374 g/mol. The van der Waals surface area contributed by atoms with Crippen LogP contribution in [-0.2, 0) is 6.54 Å². The molecule has 1 fully saturated rings. The van der Waals surface area contributed by atoms with E-state index in [-0.39, 0.29) is 0 Å². The summed E-state index contributed by atoms with van der Waals surface area (Å²) in [5.41, 5.74) is 2.46. The third kappa shape index (κ3) is 4.80. The summed E-state index contributed by atoms with van der Waals surface area (Å²) in [6.45, 7) is 5.25. The lowest BCUT2D eigenvalue weighted by Gasteiger charge is -2.30. The molecule has 0 aromatic heterocycles. The third-order valence-corrected chi connectivity index (χ3v) is 5.05. The van der Waals surface area contributed by atoms with E-state index in [0.717, 1.165) is 47.8 Å². The van der Waals surface area contributed by atoms with Gasteiger partial charge in [-0.2, -0.15) is 5.10 Å². The Bertz CT molecular complexity index is 664. The monoisotopic (exact) mass is 392 g/mol. The number of piperazine rings is 1. The summed E-state index contributed by atoms with van der Waals surface area (Å²) >= 11 is 9.49. The summed E-state index contributed by atoms with van der Waals surface area (Å²) in [6.07, 6.45) is 1.94. The minimum Gasteiger partial charge on any atom is -0.328 e. The van der Waals surface area contributed by atoms with E-state index in [1.54, 1.807) is 4.90 Å². The van der Waals surface area contributed by atoms with Crippen LogP contribution in [0.4, 0.5) is 0 Å². The van der Waals surface area contributed by atoms with Gasteiger partial charge in [-0.3, -0.25) is 5.01 Å². The lowest BCUT2D eigenvalue weighted by atomic mass is 10.2. The SMILES string of the molecule is Clc1ccc(C[NH+]2CCN(N=Cc3ccccc3Br)CC2)cc1. The van der Waals surface area contributed by atoms with Crippen molar-refractivity contribution in [1.29, 1.82) is 0 Å². The number of hydrogen-bond donors (Lipinski definition) is 1. The third-order valence-electron chi connectivity index (χ3n) is 4.08. The van der Waals surface area contributed by atoms with Gasteiger partial charge in [-0.15, -0.1) is 0 Å². The van der Waals surface area contributed by atoms with Crippen LogP contribution in [-0.4, -0.2) is 37.4 Å². The van der Waals surface area contributed by atoms with E-state index in [1.165, 1.54) is 5.56 Å². The van der Waals surface area contributed by atoms with E-state index in [1.807, 2.05) is 36.5 Å². The molecule has 120 valence electrons. The second kappa shape index (κ2) is 7.95. The van der Waals surface area contributed by atoms with Gasteiger partial charge in [0.05, 0.1) is 32.4 Å². The van der Waals surface area contributed by atoms with Gasteiger partial charge in [0.1, 0.15) is 6.54 Å². The van der Waals surface area contributed by atoms with Crippen molar-refractivity contribution in [3.8, 4) is 0 Å². The molecule has 0 radical (unpaired) electrons. The highest BCUT2D eigenvalue weighted by Crippen LogP contribution is 2.13. The van der Waals surface area contributed by atoms with Crippen LogP contribution in [0.25, 0.3) is 0 Å². The number of quaternary nitrogens is 1. The summed E-state index contributed by atoms with van der Waals surface area (Å²) in [5, 5.41) is 7.57. The highest BCUT2D eigenvalue weighted by Gasteiger charge is 2.18. The van der Waals surface area contributed by atoms with E-state index in [9.17, 15) is 0 Å². The standard InChI is InChI=1S/C18H19BrClN3/c19-18-4-2-1-3-16(18)13-21-23-11-9-22(10-12-23)14-15-5-7-17(20)8-6-15/h1-8,13H,9-12,14H2/p+1.